The molecule has 148 valence electrons. The number of ether oxygens (including phenoxy) is 1. The van der Waals surface area contributed by atoms with Gasteiger partial charge in [-0.2, -0.15) is 0 Å². The highest BCUT2D eigenvalue weighted by molar-refractivity contribution is 7.89. The average Bonchev–Trinajstić information content (AvgIpc) is 2.90. The van der Waals surface area contributed by atoms with E-state index in [1.807, 2.05) is 31.2 Å². The van der Waals surface area contributed by atoms with E-state index in [1.165, 1.54) is 0 Å². The second-order valence-electron chi connectivity index (χ2n) is 6.59. The van der Waals surface area contributed by atoms with Crippen molar-refractivity contribution in [2.75, 3.05) is 26.0 Å². The minimum Gasteiger partial charge on any atom is -0.496 e. The summed E-state index contributed by atoms with van der Waals surface area (Å²) in [6, 6.07) is 12.4. The number of carbonyl (C=O) groups is 2. The minimum absolute atomic E-state index is 0.185. The lowest BCUT2D eigenvalue weighted by atomic mass is 10.1. The number of aryl methyl sites for hydroxylation is 1. The SMILES string of the molecule is COc1ccccc1CCNS(=O)(=O)CCN1C(=O)c2ccc(C)cc2C1=O. The highest BCUT2D eigenvalue weighted by atomic mass is 32.2. The van der Waals surface area contributed by atoms with Crippen LogP contribution in [0.5, 0.6) is 5.75 Å². The first kappa shape index (κ1) is 20.0. The smallest absolute Gasteiger partial charge is 0.261 e. The van der Waals surface area contributed by atoms with Crippen LogP contribution in [0.1, 0.15) is 31.8 Å². The summed E-state index contributed by atoms with van der Waals surface area (Å²) in [5.74, 6) is -0.552. The molecule has 0 unspecified atom stereocenters. The van der Waals surface area contributed by atoms with E-state index in [-0.39, 0.29) is 18.8 Å². The van der Waals surface area contributed by atoms with Crippen molar-refractivity contribution in [3.63, 3.8) is 0 Å². The molecule has 2 amide bonds. The molecule has 8 heteroatoms. The number of sulfonamides is 1. The van der Waals surface area contributed by atoms with Gasteiger partial charge >= 0.3 is 0 Å². The molecule has 0 fully saturated rings. The van der Waals surface area contributed by atoms with Crippen molar-refractivity contribution < 1.29 is 22.7 Å². The number of carbonyl (C=O) groups excluding carboxylic acids is 2. The Bertz CT molecular complexity index is 1020. The fourth-order valence-corrected chi connectivity index (χ4v) is 4.12. The molecule has 0 aromatic heterocycles. The third kappa shape index (κ3) is 4.23. The lowest BCUT2D eigenvalue weighted by Gasteiger charge is -2.14. The highest BCUT2D eigenvalue weighted by Gasteiger charge is 2.35. The van der Waals surface area contributed by atoms with Gasteiger partial charge in [-0.3, -0.25) is 14.5 Å². The Morgan fingerprint density at radius 2 is 1.75 bits per heavy atom. The third-order valence-electron chi connectivity index (χ3n) is 4.62. The summed E-state index contributed by atoms with van der Waals surface area (Å²) in [6.07, 6.45) is 0.468. The molecule has 0 saturated carbocycles. The Hall–Kier alpha value is -2.71. The van der Waals surface area contributed by atoms with Gasteiger partial charge in [-0.05, 0) is 37.1 Å². The summed E-state index contributed by atoms with van der Waals surface area (Å²) in [5.41, 5.74) is 2.40. The van der Waals surface area contributed by atoms with E-state index in [9.17, 15) is 18.0 Å². The van der Waals surface area contributed by atoms with E-state index >= 15 is 0 Å². The molecule has 1 N–H and O–H groups in total. The minimum atomic E-state index is -3.64. The quantitative estimate of drug-likeness (QED) is 0.679. The first-order valence-corrected chi connectivity index (χ1v) is 10.5. The number of methoxy groups -OCH3 is 1. The monoisotopic (exact) mass is 402 g/mol. The number of amides is 2. The Morgan fingerprint density at radius 3 is 2.50 bits per heavy atom. The lowest BCUT2D eigenvalue weighted by molar-refractivity contribution is 0.0664. The van der Waals surface area contributed by atoms with Crippen LogP contribution in [0.2, 0.25) is 0 Å². The van der Waals surface area contributed by atoms with Crippen LogP contribution in [-0.4, -0.2) is 51.1 Å². The molecular formula is C20H22N2O5S. The molecule has 2 aromatic carbocycles. The first-order chi connectivity index (χ1) is 13.3. The van der Waals surface area contributed by atoms with Gasteiger partial charge in [0.15, 0.2) is 0 Å². The van der Waals surface area contributed by atoms with Gasteiger partial charge in [0.25, 0.3) is 11.8 Å². The van der Waals surface area contributed by atoms with Gasteiger partial charge in [-0.1, -0.05) is 29.8 Å². The van der Waals surface area contributed by atoms with E-state index in [0.29, 0.717) is 23.3 Å². The second kappa shape index (κ2) is 8.12. The highest BCUT2D eigenvalue weighted by Crippen LogP contribution is 2.23. The molecular weight excluding hydrogens is 380 g/mol. The summed E-state index contributed by atoms with van der Waals surface area (Å²) in [5, 5.41) is 0. The molecule has 1 heterocycles. The molecule has 28 heavy (non-hydrogen) atoms. The normalized spacial score (nSPS) is 13.7. The number of benzene rings is 2. The Labute approximate surface area is 164 Å². The number of para-hydroxylation sites is 1. The maximum atomic E-state index is 12.4. The zero-order valence-corrected chi connectivity index (χ0v) is 16.6. The van der Waals surface area contributed by atoms with Crippen LogP contribution >= 0.6 is 0 Å². The Balaban J connectivity index is 1.57. The van der Waals surface area contributed by atoms with Gasteiger partial charge in [0.05, 0.1) is 24.0 Å². The van der Waals surface area contributed by atoms with E-state index < -0.39 is 21.8 Å². The van der Waals surface area contributed by atoms with Crippen LogP contribution in [0.15, 0.2) is 42.5 Å². The predicted molar refractivity (Wildman–Crippen MR) is 105 cm³/mol. The summed E-state index contributed by atoms with van der Waals surface area (Å²) in [4.78, 5) is 25.8. The first-order valence-electron chi connectivity index (χ1n) is 8.88. The molecule has 7 nitrogen and oxygen atoms in total. The number of nitrogens with one attached hydrogen (secondary N) is 1. The molecule has 0 radical (unpaired) electrons. The van der Waals surface area contributed by atoms with Crippen molar-refractivity contribution in [3.8, 4) is 5.75 Å². The molecule has 1 aliphatic rings. The molecule has 0 saturated heterocycles. The van der Waals surface area contributed by atoms with Gasteiger partial charge in [0, 0.05) is 13.1 Å². The largest absolute Gasteiger partial charge is 0.496 e. The topological polar surface area (TPSA) is 92.8 Å². The van der Waals surface area contributed by atoms with Crippen molar-refractivity contribution in [1.29, 1.82) is 0 Å². The maximum Gasteiger partial charge on any atom is 0.261 e. The van der Waals surface area contributed by atoms with Crippen LogP contribution in [0, 0.1) is 6.92 Å². The van der Waals surface area contributed by atoms with E-state index in [0.717, 1.165) is 16.0 Å². The second-order valence-corrected chi connectivity index (χ2v) is 8.51. The van der Waals surface area contributed by atoms with Crippen LogP contribution in [0.3, 0.4) is 0 Å². The summed E-state index contributed by atoms with van der Waals surface area (Å²) >= 11 is 0. The van der Waals surface area contributed by atoms with Crippen molar-refractivity contribution >= 4 is 21.8 Å². The molecule has 0 bridgehead atoms. The van der Waals surface area contributed by atoms with Gasteiger partial charge in [-0.25, -0.2) is 13.1 Å². The molecule has 1 aliphatic heterocycles. The predicted octanol–water partition coefficient (Wildman–Crippen LogP) is 1.76. The molecule has 0 spiro atoms. The molecule has 0 atom stereocenters. The summed E-state index contributed by atoms with van der Waals surface area (Å²) in [7, 11) is -2.08. The molecule has 2 aromatic rings. The van der Waals surface area contributed by atoms with Crippen molar-refractivity contribution in [1.82, 2.24) is 9.62 Å². The fourth-order valence-electron chi connectivity index (χ4n) is 3.14. The summed E-state index contributed by atoms with van der Waals surface area (Å²) in [6.45, 7) is 1.84. The number of rotatable bonds is 8. The fraction of sp³-hybridized carbons (Fsp3) is 0.300. The number of fused-ring (bicyclic) bond motifs is 1. The van der Waals surface area contributed by atoms with Gasteiger partial charge < -0.3 is 4.74 Å². The standard InChI is InChI=1S/C20H22N2O5S/c1-14-7-8-16-17(13-14)20(24)22(19(16)23)11-12-28(25,26)21-10-9-15-5-3-4-6-18(15)27-2/h3-8,13,21H,9-12H2,1-2H3. The van der Waals surface area contributed by atoms with E-state index in [4.69, 9.17) is 4.74 Å². The van der Waals surface area contributed by atoms with E-state index in [2.05, 4.69) is 4.72 Å². The van der Waals surface area contributed by atoms with Crippen LogP contribution in [-0.2, 0) is 16.4 Å². The maximum absolute atomic E-state index is 12.4. The Morgan fingerprint density at radius 1 is 1.04 bits per heavy atom. The van der Waals surface area contributed by atoms with Crippen molar-refractivity contribution in [3.05, 3.63) is 64.7 Å². The zero-order chi connectivity index (χ0) is 20.3. The molecule has 0 aliphatic carbocycles. The van der Waals surface area contributed by atoms with Gasteiger partial charge in [0.2, 0.25) is 10.0 Å². The van der Waals surface area contributed by atoms with Gasteiger partial charge in [0.1, 0.15) is 5.75 Å². The van der Waals surface area contributed by atoms with Gasteiger partial charge in [-0.15, -0.1) is 0 Å². The van der Waals surface area contributed by atoms with Crippen molar-refractivity contribution in [2.45, 2.75) is 13.3 Å². The Kier molecular flexibility index (Phi) is 5.81. The summed E-state index contributed by atoms with van der Waals surface area (Å²) < 4.78 is 32.3. The lowest BCUT2D eigenvalue weighted by Crippen LogP contribution is -2.38. The van der Waals surface area contributed by atoms with Crippen molar-refractivity contribution in [2.24, 2.45) is 0 Å². The third-order valence-corrected chi connectivity index (χ3v) is 5.98. The van der Waals surface area contributed by atoms with E-state index in [1.54, 1.807) is 25.3 Å². The van der Waals surface area contributed by atoms with Crippen LogP contribution < -0.4 is 9.46 Å². The number of nitrogens with zero attached hydrogens (tertiary/aromatic N) is 1. The van der Waals surface area contributed by atoms with Crippen LogP contribution in [0.25, 0.3) is 0 Å². The zero-order valence-electron chi connectivity index (χ0n) is 15.8. The van der Waals surface area contributed by atoms with Crippen LogP contribution in [0.4, 0.5) is 0 Å². The number of imide groups is 1. The number of hydrogen-bond acceptors (Lipinski definition) is 5. The molecule has 3 rings (SSSR count). The average molecular weight is 402 g/mol. The number of hydrogen-bond donors (Lipinski definition) is 1.